The van der Waals surface area contributed by atoms with Crippen molar-refractivity contribution in [3.63, 3.8) is 0 Å². The first kappa shape index (κ1) is 11.2. The molecule has 0 spiro atoms. The lowest BCUT2D eigenvalue weighted by Crippen LogP contribution is -2.39. The van der Waals surface area contributed by atoms with Crippen LogP contribution in [0, 0.1) is 0 Å². The molecule has 1 rings (SSSR count). The first-order chi connectivity index (χ1) is 7.15. The van der Waals surface area contributed by atoms with Crippen LogP contribution in [0.4, 0.5) is 0 Å². The largest absolute Gasteiger partial charge is 0.467 e. The number of nitrogens with one attached hydrogen (secondary N) is 1. The molecule has 1 aromatic rings. The van der Waals surface area contributed by atoms with Gasteiger partial charge >= 0.3 is 5.97 Å². The second-order valence-corrected chi connectivity index (χ2v) is 3.08. The van der Waals surface area contributed by atoms with Gasteiger partial charge in [0.05, 0.1) is 7.11 Å². The fourth-order valence-electron chi connectivity index (χ4n) is 1.11. The van der Waals surface area contributed by atoms with Crippen LogP contribution in [0.2, 0.25) is 0 Å². The molecule has 0 heterocycles. The summed E-state index contributed by atoms with van der Waals surface area (Å²) in [6.07, 6.45) is 0. The average Bonchev–Trinajstić information content (AvgIpc) is 2.29. The highest BCUT2D eigenvalue weighted by Gasteiger charge is 2.16. The molecule has 0 bridgehead atoms. The zero-order valence-corrected chi connectivity index (χ0v) is 8.69. The molecule has 15 heavy (non-hydrogen) atoms. The molecule has 4 nitrogen and oxygen atoms in total. The van der Waals surface area contributed by atoms with Crippen LogP contribution in [-0.2, 0) is 9.53 Å². The molecule has 0 aliphatic heterocycles. The van der Waals surface area contributed by atoms with E-state index in [4.69, 9.17) is 0 Å². The van der Waals surface area contributed by atoms with Crippen molar-refractivity contribution in [1.29, 1.82) is 0 Å². The fourth-order valence-corrected chi connectivity index (χ4v) is 1.11. The molecule has 1 N–H and O–H groups in total. The highest BCUT2D eigenvalue weighted by molar-refractivity contribution is 5.96. The smallest absolute Gasteiger partial charge is 0.328 e. The van der Waals surface area contributed by atoms with E-state index >= 15 is 0 Å². The SMILES string of the molecule is COC(=O)[C@@H](C)NC(=O)c1ccccc1. The van der Waals surface area contributed by atoms with Gasteiger partial charge < -0.3 is 10.1 Å². The maximum Gasteiger partial charge on any atom is 0.328 e. The lowest BCUT2D eigenvalue weighted by molar-refractivity contribution is -0.142. The molecule has 80 valence electrons. The third-order valence-electron chi connectivity index (χ3n) is 1.94. The Balaban J connectivity index is 2.61. The Labute approximate surface area is 88.2 Å². The van der Waals surface area contributed by atoms with Gasteiger partial charge in [-0.1, -0.05) is 18.2 Å². The predicted molar refractivity (Wildman–Crippen MR) is 55.4 cm³/mol. The van der Waals surface area contributed by atoms with E-state index in [0.717, 1.165) is 0 Å². The van der Waals surface area contributed by atoms with Crippen molar-refractivity contribution in [2.75, 3.05) is 7.11 Å². The van der Waals surface area contributed by atoms with Crippen molar-refractivity contribution in [1.82, 2.24) is 5.32 Å². The van der Waals surface area contributed by atoms with Gasteiger partial charge in [-0.05, 0) is 19.1 Å². The van der Waals surface area contributed by atoms with Gasteiger partial charge in [-0.3, -0.25) is 4.79 Å². The topological polar surface area (TPSA) is 55.4 Å². The Morgan fingerprint density at radius 1 is 1.27 bits per heavy atom. The number of amides is 1. The monoisotopic (exact) mass is 207 g/mol. The lowest BCUT2D eigenvalue weighted by atomic mass is 10.2. The van der Waals surface area contributed by atoms with Crippen LogP contribution in [0.5, 0.6) is 0 Å². The quantitative estimate of drug-likeness (QED) is 0.751. The summed E-state index contributed by atoms with van der Waals surface area (Å²) >= 11 is 0. The zero-order chi connectivity index (χ0) is 11.3. The highest BCUT2D eigenvalue weighted by atomic mass is 16.5. The molecule has 0 aliphatic carbocycles. The van der Waals surface area contributed by atoms with Crippen LogP contribution in [0.1, 0.15) is 17.3 Å². The summed E-state index contributed by atoms with van der Waals surface area (Å²) < 4.78 is 4.50. The summed E-state index contributed by atoms with van der Waals surface area (Å²) in [6.45, 7) is 1.58. The van der Waals surface area contributed by atoms with E-state index in [2.05, 4.69) is 10.1 Å². The van der Waals surface area contributed by atoms with Gasteiger partial charge in [0.15, 0.2) is 0 Å². The highest BCUT2D eigenvalue weighted by Crippen LogP contribution is 1.99. The van der Waals surface area contributed by atoms with E-state index in [-0.39, 0.29) is 5.91 Å². The summed E-state index contributed by atoms with van der Waals surface area (Å²) in [7, 11) is 1.29. The molecular formula is C11H13NO3. The zero-order valence-electron chi connectivity index (χ0n) is 8.69. The van der Waals surface area contributed by atoms with E-state index in [1.54, 1.807) is 31.2 Å². The van der Waals surface area contributed by atoms with Crippen molar-refractivity contribution < 1.29 is 14.3 Å². The first-order valence-corrected chi connectivity index (χ1v) is 4.59. The standard InChI is InChI=1S/C11H13NO3/c1-8(11(14)15-2)12-10(13)9-6-4-3-5-7-9/h3-8H,1-2H3,(H,12,13)/t8-/m1/s1. The number of hydrogen-bond acceptors (Lipinski definition) is 3. The van der Waals surface area contributed by atoms with Crippen LogP contribution in [0.15, 0.2) is 30.3 Å². The van der Waals surface area contributed by atoms with Crippen molar-refractivity contribution >= 4 is 11.9 Å². The molecule has 0 saturated carbocycles. The Hall–Kier alpha value is -1.84. The number of rotatable bonds is 3. The van der Waals surface area contributed by atoms with E-state index in [0.29, 0.717) is 5.56 Å². The Bertz CT molecular complexity index is 348. The van der Waals surface area contributed by atoms with Gasteiger partial charge in [0.2, 0.25) is 0 Å². The van der Waals surface area contributed by atoms with Crippen molar-refractivity contribution in [2.24, 2.45) is 0 Å². The minimum absolute atomic E-state index is 0.284. The number of ether oxygens (including phenoxy) is 1. The molecule has 1 atom stereocenters. The maximum atomic E-state index is 11.6. The lowest BCUT2D eigenvalue weighted by Gasteiger charge is -2.11. The average molecular weight is 207 g/mol. The Morgan fingerprint density at radius 3 is 2.40 bits per heavy atom. The third kappa shape index (κ3) is 3.09. The normalized spacial score (nSPS) is 11.6. The number of benzene rings is 1. The summed E-state index contributed by atoms with van der Waals surface area (Å²) in [4.78, 5) is 22.6. The second-order valence-electron chi connectivity index (χ2n) is 3.08. The Morgan fingerprint density at radius 2 is 1.87 bits per heavy atom. The molecule has 1 aromatic carbocycles. The van der Waals surface area contributed by atoms with Crippen LogP contribution in [0.3, 0.4) is 0 Å². The van der Waals surface area contributed by atoms with Gasteiger partial charge in [-0.25, -0.2) is 4.79 Å². The van der Waals surface area contributed by atoms with Crippen LogP contribution < -0.4 is 5.32 Å². The summed E-state index contributed by atoms with van der Waals surface area (Å²) in [5.74, 6) is -0.743. The molecule has 0 saturated heterocycles. The molecule has 0 fully saturated rings. The van der Waals surface area contributed by atoms with Crippen molar-refractivity contribution in [2.45, 2.75) is 13.0 Å². The molecule has 0 radical (unpaired) electrons. The third-order valence-corrected chi connectivity index (χ3v) is 1.94. The molecule has 1 amide bonds. The number of hydrogen-bond donors (Lipinski definition) is 1. The van der Waals surface area contributed by atoms with Gasteiger partial charge in [0, 0.05) is 5.56 Å². The van der Waals surface area contributed by atoms with Gasteiger partial charge in [0.1, 0.15) is 6.04 Å². The van der Waals surface area contributed by atoms with E-state index in [9.17, 15) is 9.59 Å². The molecule has 0 aliphatic rings. The maximum absolute atomic E-state index is 11.6. The van der Waals surface area contributed by atoms with Gasteiger partial charge in [-0.15, -0.1) is 0 Å². The second kappa shape index (κ2) is 5.14. The number of esters is 1. The van der Waals surface area contributed by atoms with Crippen LogP contribution >= 0.6 is 0 Å². The molecule has 0 unspecified atom stereocenters. The first-order valence-electron chi connectivity index (χ1n) is 4.59. The number of methoxy groups -OCH3 is 1. The minimum Gasteiger partial charge on any atom is -0.467 e. The van der Waals surface area contributed by atoms with Crippen molar-refractivity contribution in [3.8, 4) is 0 Å². The minimum atomic E-state index is -0.636. The number of carbonyl (C=O) groups is 2. The van der Waals surface area contributed by atoms with E-state index < -0.39 is 12.0 Å². The summed E-state index contributed by atoms with van der Waals surface area (Å²) in [5, 5.41) is 2.53. The van der Waals surface area contributed by atoms with E-state index in [1.165, 1.54) is 7.11 Å². The van der Waals surface area contributed by atoms with Gasteiger partial charge in [-0.2, -0.15) is 0 Å². The molecule has 0 aromatic heterocycles. The Kier molecular flexibility index (Phi) is 3.85. The number of carbonyl (C=O) groups excluding carboxylic acids is 2. The summed E-state index contributed by atoms with van der Waals surface area (Å²) in [5.41, 5.74) is 0.522. The molecule has 4 heteroatoms. The van der Waals surface area contributed by atoms with Gasteiger partial charge in [0.25, 0.3) is 5.91 Å². The van der Waals surface area contributed by atoms with E-state index in [1.807, 2.05) is 6.07 Å². The predicted octanol–water partition coefficient (Wildman–Crippen LogP) is 0.978. The summed E-state index contributed by atoms with van der Waals surface area (Å²) in [6, 6.07) is 8.07. The van der Waals surface area contributed by atoms with Crippen LogP contribution in [0.25, 0.3) is 0 Å². The van der Waals surface area contributed by atoms with Crippen LogP contribution in [-0.4, -0.2) is 25.0 Å². The molecular weight excluding hydrogens is 194 g/mol. The fraction of sp³-hybridized carbons (Fsp3) is 0.273. The van der Waals surface area contributed by atoms with Crippen molar-refractivity contribution in [3.05, 3.63) is 35.9 Å².